The van der Waals surface area contributed by atoms with E-state index in [2.05, 4.69) is 10.3 Å². The van der Waals surface area contributed by atoms with Gasteiger partial charge in [0.2, 0.25) is 0 Å². The summed E-state index contributed by atoms with van der Waals surface area (Å²) < 4.78 is 5.34. The van der Waals surface area contributed by atoms with E-state index in [9.17, 15) is 0 Å². The van der Waals surface area contributed by atoms with Crippen LogP contribution in [0.15, 0.2) is 28.9 Å². The molecule has 0 atom stereocenters. The van der Waals surface area contributed by atoms with Gasteiger partial charge in [-0.2, -0.15) is 0 Å². The standard InChI is InChI=1S/C8H8N2O/c1-9-8-4-6-2-3-10-5-7(6)11-8/h2-5,9H,1H3. The second-order valence-corrected chi connectivity index (χ2v) is 2.27. The van der Waals surface area contributed by atoms with Gasteiger partial charge in [-0.25, -0.2) is 0 Å². The van der Waals surface area contributed by atoms with Crippen molar-refractivity contribution in [2.75, 3.05) is 12.4 Å². The molecule has 0 spiro atoms. The number of nitrogens with one attached hydrogen (secondary N) is 1. The molecule has 56 valence electrons. The van der Waals surface area contributed by atoms with E-state index in [0.717, 1.165) is 16.9 Å². The average molecular weight is 148 g/mol. The molecule has 0 saturated carbocycles. The lowest BCUT2D eigenvalue weighted by Crippen LogP contribution is -1.81. The maximum atomic E-state index is 5.34. The molecule has 0 aliphatic heterocycles. The predicted molar refractivity (Wildman–Crippen MR) is 43.6 cm³/mol. The Labute approximate surface area is 64.0 Å². The summed E-state index contributed by atoms with van der Waals surface area (Å²) in [7, 11) is 1.82. The Kier molecular flexibility index (Phi) is 1.28. The number of furan rings is 1. The third-order valence-corrected chi connectivity index (χ3v) is 1.57. The summed E-state index contributed by atoms with van der Waals surface area (Å²) in [4.78, 5) is 3.94. The lowest BCUT2D eigenvalue weighted by Gasteiger charge is -1.87. The summed E-state index contributed by atoms with van der Waals surface area (Å²) in [6, 6.07) is 3.86. The van der Waals surface area contributed by atoms with E-state index in [4.69, 9.17) is 4.42 Å². The van der Waals surface area contributed by atoms with Crippen LogP contribution in [0.5, 0.6) is 0 Å². The van der Waals surface area contributed by atoms with Crippen LogP contribution in [0.4, 0.5) is 5.88 Å². The van der Waals surface area contributed by atoms with Crippen LogP contribution < -0.4 is 5.32 Å². The van der Waals surface area contributed by atoms with E-state index >= 15 is 0 Å². The summed E-state index contributed by atoms with van der Waals surface area (Å²) in [6.07, 6.45) is 3.45. The number of aromatic nitrogens is 1. The number of hydrogen-bond donors (Lipinski definition) is 1. The molecule has 0 amide bonds. The first kappa shape index (κ1) is 6.22. The zero-order chi connectivity index (χ0) is 7.68. The number of hydrogen-bond acceptors (Lipinski definition) is 3. The van der Waals surface area contributed by atoms with Crippen molar-refractivity contribution in [2.45, 2.75) is 0 Å². The average Bonchev–Trinajstić information content (AvgIpc) is 2.46. The molecule has 1 N–H and O–H groups in total. The van der Waals surface area contributed by atoms with E-state index in [1.54, 1.807) is 12.4 Å². The van der Waals surface area contributed by atoms with Crippen molar-refractivity contribution in [3.8, 4) is 0 Å². The van der Waals surface area contributed by atoms with Crippen LogP contribution in [-0.4, -0.2) is 12.0 Å². The van der Waals surface area contributed by atoms with Crippen LogP contribution in [0.3, 0.4) is 0 Å². The van der Waals surface area contributed by atoms with Gasteiger partial charge in [0, 0.05) is 24.7 Å². The van der Waals surface area contributed by atoms with Gasteiger partial charge < -0.3 is 9.73 Å². The van der Waals surface area contributed by atoms with Gasteiger partial charge in [0.1, 0.15) is 0 Å². The maximum Gasteiger partial charge on any atom is 0.194 e. The summed E-state index contributed by atoms with van der Waals surface area (Å²) >= 11 is 0. The van der Waals surface area contributed by atoms with Crippen molar-refractivity contribution in [3.05, 3.63) is 24.5 Å². The van der Waals surface area contributed by atoms with Crippen LogP contribution >= 0.6 is 0 Å². The molecule has 0 radical (unpaired) electrons. The van der Waals surface area contributed by atoms with E-state index in [1.807, 2.05) is 19.2 Å². The Hall–Kier alpha value is -1.51. The molecule has 0 aliphatic rings. The van der Waals surface area contributed by atoms with E-state index < -0.39 is 0 Å². The minimum atomic E-state index is 0.771. The predicted octanol–water partition coefficient (Wildman–Crippen LogP) is 1.87. The molecule has 2 rings (SSSR count). The Morgan fingerprint density at radius 3 is 3.18 bits per heavy atom. The van der Waals surface area contributed by atoms with Gasteiger partial charge >= 0.3 is 0 Å². The number of fused-ring (bicyclic) bond motifs is 1. The first-order valence-corrected chi connectivity index (χ1v) is 3.41. The number of pyridine rings is 1. The summed E-state index contributed by atoms with van der Waals surface area (Å²) in [5, 5.41) is 4.00. The third kappa shape index (κ3) is 0.941. The summed E-state index contributed by atoms with van der Waals surface area (Å²) in [6.45, 7) is 0. The zero-order valence-electron chi connectivity index (χ0n) is 6.16. The molecular weight excluding hydrogens is 140 g/mol. The Balaban J connectivity index is 2.69. The first-order valence-electron chi connectivity index (χ1n) is 3.41. The summed E-state index contributed by atoms with van der Waals surface area (Å²) in [5.74, 6) is 0.771. The highest BCUT2D eigenvalue weighted by Crippen LogP contribution is 2.20. The molecule has 3 nitrogen and oxygen atoms in total. The van der Waals surface area contributed by atoms with Crippen LogP contribution in [0.2, 0.25) is 0 Å². The molecule has 3 heteroatoms. The molecule has 0 aromatic carbocycles. The van der Waals surface area contributed by atoms with Crippen molar-refractivity contribution in [1.29, 1.82) is 0 Å². The van der Waals surface area contributed by atoms with Crippen molar-refractivity contribution in [2.24, 2.45) is 0 Å². The van der Waals surface area contributed by atoms with Crippen molar-refractivity contribution >= 4 is 16.9 Å². The lowest BCUT2D eigenvalue weighted by molar-refractivity contribution is 0.630. The molecule has 0 fully saturated rings. The van der Waals surface area contributed by atoms with Gasteiger partial charge in [0.15, 0.2) is 11.5 Å². The Morgan fingerprint density at radius 1 is 1.55 bits per heavy atom. The molecule has 2 heterocycles. The van der Waals surface area contributed by atoms with Crippen LogP contribution in [-0.2, 0) is 0 Å². The monoisotopic (exact) mass is 148 g/mol. The first-order chi connectivity index (χ1) is 5.40. The fourth-order valence-electron chi connectivity index (χ4n) is 1.01. The van der Waals surface area contributed by atoms with E-state index in [1.165, 1.54) is 0 Å². The quantitative estimate of drug-likeness (QED) is 0.670. The summed E-state index contributed by atoms with van der Waals surface area (Å²) in [5.41, 5.74) is 0.817. The van der Waals surface area contributed by atoms with Crippen molar-refractivity contribution < 1.29 is 4.42 Å². The second-order valence-electron chi connectivity index (χ2n) is 2.27. The van der Waals surface area contributed by atoms with Gasteiger partial charge in [-0.1, -0.05) is 0 Å². The van der Waals surface area contributed by atoms with Gasteiger partial charge in [-0.3, -0.25) is 4.98 Å². The normalized spacial score (nSPS) is 10.3. The minimum absolute atomic E-state index is 0.771. The Morgan fingerprint density at radius 2 is 2.45 bits per heavy atom. The maximum absolute atomic E-state index is 5.34. The second kappa shape index (κ2) is 2.27. The lowest BCUT2D eigenvalue weighted by atomic mass is 10.3. The topological polar surface area (TPSA) is 38.1 Å². The molecule has 0 bridgehead atoms. The molecule has 0 aliphatic carbocycles. The smallest absolute Gasteiger partial charge is 0.194 e. The van der Waals surface area contributed by atoms with Crippen molar-refractivity contribution in [3.63, 3.8) is 0 Å². The molecule has 11 heavy (non-hydrogen) atoms. The minimum Gasteiger partial charge on any atom is -0.439 e. The van der Waals surface area contributed by atoms with Gasteiger partial charge in [0.05, 0.1) is 6.20 Å². The largest absolute Gasteiger partial charge is 0.439 e. The van der Waals surface area contributed by atoms with Crippen LogP contribution in [0, 0.1) is 0 Å². The van der Waals surface area contributed by atoms with Crippen molar-refractivity contribution in [1.82, 2.24) is 4.98 Å². The van der Waals surface area contributed by atoms with Gasteiger partial charge in [-0.05, 0) is 6.07 Å². The molecule has 2 aromatic heterocycles. The van der Waals surface area contributed by atoms with Crippen LogP contribution in [0.1, 0.15) is 0 Å². The highest BCUT2D eigenvalue weighted by atomic mass is 16.3. The van der Waals surface area contributed by atoms with Crippen LogP contribution in [0.25, 0.3) is 11.0 Å². The van der Waals surface area contributed by atoms with E-state index in [-0.39, 0.29) is 0 Å². The molecule has 0 saturated heterocycles. The van der Waals surface area contributed by atoms with E-state index in [0.29, 0.717) is 0 Å². The van der Waals surface area contributed by atoms with Gasteiger partial charge in [0.25, 0.3) is 0 Å². The molecule has 0 unspecified atom stereocenters. The molecule has 2 aromatic rings. The number of anilines is 1. The third-order valence-electron chi connectivity index (χ3n) is 1.57. The number of nitrogens with zero attached hydrogens (tertiary/aromatic N) is 1. The number of rotatable bonds is 1. The van der Waals surface area contributed by atoms with Gasteiger partial charge in [-0.15, -0.1) is 0 Å². The highest BCUT2D eigenvalue weighted by molar-refractivity contribution is 5.79. The SMILES string of the molecule is CNc1cc2ccncc2o1. The Bertz CT molecular complexity index is 334. The molecular formula is C8H8N2O. The fraction of sp³-hybridized carbons (Fsp3) is 0.125. The highest BCUT2D eigenvalue weighted by Gasteiger charge is 1.99. The zero-order valence-corrected chi connectivity index (χ0v) is 6.16. The fourth-order valence-corrected chi connectivity index (χ4v) is 1.01.